The number of allylic oxidation sites excluding steroid dienone is 2. The summed E-state index contributed by atoms with van der Waals surface area (Å²) in [5.74, 6) is -8.42. The number of anilines is 3. The van der Waals surface area contributed by atoms with Crippen LogP contribution < -0.4 is 15.2 Å². The van der Waals surface area contributed by atoms with E-state index in [-0.39, 0.29) is 41.4 Å². The summed E-state index contributed by atoms with van der Waals surface area (Å²) in [5.41, 5.74) is 0.177. The van der Waals surface area contributed by atoms with Crippen LogP contribution in [-0.2, 0) is 31.2 Å². The lowest BCUT2D eigenvalue weighted by Crippen LogP contribution is -2.53. The highest BCUT2D eigenvalue weighted by molar-refractivity contribution is 6.30. The minimum atomic E-state index is -1.73. The van der Waals surface area contributed by atoms with Gasteiger partial charge in [0.2, 0.25) is 11.8 Å². The number of carbonyl (C=O) groups excluding carboxylic acids is 4. The number of hydrazine groups is 1. The number of rotatable bonds is 9. The highest BCUT2D eigenvalue weighted by Crippen LogP contribution is 2.64. The molecule has 3 heterocycles. The van der Waals surface area contributed by atoms with Gasteiger partial charge in [-0.15, -0.1) is 0 Å². The standard InChI is InChI=1S/C39H32ClFN6O10/c1-43(2)34-29(46(53)54)15-23(16-30(34)47(55)56)44-35(49)26-13-12-25-27(32(26)37(44)51)17-28-36(50)45(42-22-9-7-21(41)8-10-22)38(52)39(28,19-3-5-20(40)6-4-19)33(25)31-14-11-24(18-48)57-31/h3-12,14-16,26-28,32-33,42,48H,13,17-18H2,1-2H3. The summed E-state index contributed by atoms with van der Waals surface area (Å²) in [7, 11) is 2.78. The molecule has 1 aromatic heterocycles. The zero-order valence-electron chi connectivity index (χ0n) is 30.1. The second-order valence-electron chi connectivity index (χ2n) is 14.6. The number of nitro benzene ring substituents is 2. The van der Waals surface area contributed by atoms with E-state index in [9.17, 15) is 44.1 Å². The fourth-order valence-corrected chi connectivity index (χ4v) is 9.43. The number of furan rings is 1. The molecule has 1 saturated carbocycles. The van der Waals surface area contributed by atoms with Crippen LogP contribution in [-0.4, -0.2) is 57.7 Å². The maximum Gasteiger partial charge on any atom is 0.301 e. The maximum atomic E-state index is 15.2. The van der Waals surface area contributed by atoms with Crippen LogP contribution in [0.3, 0.4) is 0 Å². The predicted octanol–water partition coefficient (Wildman–Crippen LogP) is 5.64. The molecule has 2 saturated heterocycles. The molecule has 2 N–H and O–H groups in total. The lowest BCUT2D eigenvalue weighted by Gasteiger charge is -2.49. The number of carbonyl (C=O) groups is 4. The number of nitrogens with one attached hydrogen (secondary N) is 1. The van der Waals surface area contributed by atoms with Crippen molar-refractivity contribution >= 4 is 63.7 Å². The van der Waals surface area contributed by atoms with E-state index in [1.54, 1.807) is 36.4 Å². The van der Waals surface area contributed by atoms with Crippen LogP contribution in [0.1, 0.15) is 35.8 Å². The van der Waals surface area contributed by atoms with Crippen molar-refractivity contribution in [2.45, 2.75) is 30.8 Å². The van der Waals surface area contributed by atoms with Crippen molar-refractivity contribution in [3.05, 3.63) is 133 Å². The lowest BCUT2D eigenvalue weighted by atomic mass is 9.50. The third-order valence-corrected chi connectivity index (χ3v) is 11.8. The van der Waals surface area contributed by atoms with Crippen molar-refractivity contribution < 1.29 is 42.9 Å². The fourth-order valence-electron chi connectivity index (χ4n) is 9.31. The first kappa shape index (κ1) is 37.5. The average Bonchev–Trinajstić information content (AvgIpc) is 3.82. The second-order valence-corrected chi connectivity index (χ2v) is 15.0. The minimum Gasteiger partial charge on any atom is -0.463 e. The molecule has 2 aliphatic carbocycles. The molecule has 4 amide bonds. The molecule has 0 radical (unpaired) electrons. The first-order chi connectivity index (χ1) is 27.2. The largest absolute Gasteiger partial charge is 0.463 e. The first-order valence-electron chi connectivity index (χ1n) is 17.8. The number of nitro groups is 2. The number of amides is 4. The first-order valence-corrected chi connectivity index (χ1v) is 18.1. The number of fused-ring (bicyclic) bond motifs is 4. The Morgan fingerprint density at radius 1 is 0.930 bits per heavy atom. The summed E-state index contributed by atoms with van der Waals surface area (Å²) in [5, 5.41) is 35.6. The van der Waals surface area contributed by atoms with Crippen molar-refractivity contribution in [1.29, 1.82) is 0 Å². The van der Waals surface area contributed by atoms with Gasteiger partial charge in [0, 0.05) is 31.3 Å². The van der Waals surface area contributed by atoms with Crippen LogP contribution >= 0.6 is 11.6 Å². The van der Waals surface area contributed by atoms with Crippen LogP contribution in [0.5, 0.6) is 0 Å². The number of nitrogens with zero attached hydrogens (tertiary/aromatic N) is 5. The Morgan fingerprint density at radius 3 is 2.16 bits per heavy atom. The van der Waals surface area contributed by atoms with Crippen LogP contribution in [0, 0.1) is 49.7 Å². The Morgan fingerprint density at radius 2 is 1.58 bits per heavy atom. The van der Waals surface area contributed by atoms with Gasteiger partial charge in [-0.1, -0.05) is 35.4 Å². The Bertz CT molecular complexity index is 2400. The SMILES string of the molecule is CN(C)c1c([N+](=O)[O-])cc(N2C(=O)C3CC=C4C(CC5C(=O)N(Nc6ccc(F)cc6)C(=O)C5(c5ccc(Cl)cc5)C4c4ccc(CO)o4)C3C2=O)cc1[N+](=O)[O-]. The fraction of sp³-hybridized carbons (Fsp3) is 0.282. The molecule has 6 atom stereocenters. The van der Waals surface area contributed by atoms with Crippen molar-refractivity contribution in [1.82, 2.24) is 5.01 Å². The summed E-state index contributed by atoms with van der Waals surface area (Å²) in [6.07, 6.45) is 1.59. The Balaban J connectivity index is 1.29. The molecule has 4 aliphatic rings. The summed E-state index contributed by atoms with van der Waals surface area (Å²) in [4.78, 5) is 83.5. The highest BCUT2D eigenvalue weighted by atomic mass is 35.5. The third kappa shape index (κ3) is 5.59. The van der Waals surface area contributed by atoms with E-state index in [0.29, 0.717) is 16.2 Å². The zero-order chi connectivity index (χ0) is 40.7. The monoisotopic (exact) mass is 798 g/mol. The summed E-state index contributed by atoms with van der Waals surface area (Å²) in [6, 6.07) is 16.4. The second kappa shape index (κ2) is 13.6. The van der Waals surface area contributed by atoms with Gasteiger partial charge in [0.25, 0.3) is 11.8 Å². The summed E-state index contributed by atoms with van der Waals surface area (Å²) >= 11 is 6.31. The minimum absolute atomic E-state index is 0.0251. The van der Waals surface area contributed by atoms with Crippen LogP contribution in [0.25, 0.3) is 0 Å². The van der Waals surface area contributed by atoms with E-state index in [1.165, 1.54) is 37.2 Å². The number of aliphatic hydroxyl groups is 1. The van der Waals surface area contributed by atoms with Gasteiger partial charge in [0.15, 0.2) is 5.69 Å². The van der Waals surface area contributed by atoms with Crippen LogP contribution in [0.4, 0.5) is 32.8 Å². The molecule has 3 fully saturated rings. The van der Waals surface area contributed by atoms with Gasteiger partial charge < -0.3 is 14.4 Å². The Labute approximate surface area is 327 Å². The molecule has 0 spiro atoms. The maximum absolute atomic E-state index is 15.2. The van der Waals surface area contributed by atoms with Crippen molar-refractivity contribution in [2.24, 2.45) is 23.7 Å². The van der Waals surface area contributed by atoms with Gasteiger partial charge in [0.05, 0.1) is 44.9 Å². The summed E-state index contributed by atoms with van der Waals surface area (Å²) < 4.78 is 20.0. The number of imide groups is 2. The predicted molar refractivity (Wildman–Crippen MR) is 200 cm³/mol. The molecular formula is C39H32ClFN6O10. The molecule has 18 heteroatoms. The van der Waals surface area contributed by atoms with E-state index in [0.717, 1.165) is 34.2 Å². The van der Waals surface area contributed by atoms with Gasteiger partial charge >= 0.3 is 11.4 Å². The third-order valence-electron chi connectivity index (χ3n) is 11.5. The molecule has 2 aliphatic heterocycles. The zero-order valence-corrected chi connectivity index (χ0v) is 30.9. The van der Waals surface area contributed by atoms with Crippen molar-refractivity contribution in [2.75, 3.05) is 29.3 Å². The topological polar surface area (TPSA) is 210 Å². The van der Waals surface area contributed by atoms with Gasteiger partial charge in [0.1, 0.15) is 29.4 Å². The number of benzene rings is 3. The lowest BCUT2D eigenvalue weighted by molar-refractivity contribution is -0.392. The van der Waals surface area contributed by atoms with Crippen molar-refractivity contribution in [3.8, 4) is 0 Å². The average molecular weight is 799 g/mol. The van der Waals surface area contributed by atoms with E-state index >= 15 is 4.79 Å². The number of hydrogen-bond donors (Lipinski definition) is 2. The van der Waals surface area contributed by atoms with E-state index in [2.05, 4.69) is 5.43 Å². The molecule has 0 bridgehead atoms. The van der Waals surface area contributed by atoms with Gasteiger partial charge in [-0.05, 0) is 72.9 Å². The van der Waals surface area contributed by atoms with E-state index in [1.807, 2.05) is 0 Å². The van der Waals surface area contributed by atoms with Crippen molar-refractivity contribution in [3.63, 3.8) is 0 Å². The number of hydrogen-bond acceptors (Lipinski definition) is 12. The number of halogens is 2. The molecule has 3 aromatic carbocycles. The smallest absolute Gasteiger partial charge is 0.301 e. The number of aliphatic hydroxyl groups excluding tert-OH is 1. The molecule has 4 aromatic rings. The van der Waals surface area contributed by atoms with Gasteiger partial charge in [-0.25, -0.2) is 9.29 Å². The van der Waals surface area contributed by atoms with E-state index in [4.69, 9.17) is 16.0 Å². The Hall–Kier alpha value is -6.46. The van der Waals surface area contributed by atoms with Crippen LogP contribution in [0.2, 0.25) is 5.02 Å². The van der Waals surface area contributed by atoms with Crippen LogP contribution in [0.15, 0.2) is 88.9 Å². The molecule has 8 rings (SSSR count). The quantitative estimate of drug-likeness (QED) is 0.0913. The molecule has 16 nitrogen and oxygen atoms in total. The molecule has 57 heavy (non-hydrogen) atoms. The normalized spacial score (nSPS) is 25.2. The molecule has 6 unspecified atom stereocenters. The molecular weight excluding hydrogens is 767 g/mol. The van der Waals surface area contributed by atoms with E-state index < -0.39 is 92.3 Å². The van der Waals surface area contributed by atoms with Gasteiger partial charge in [-0.3, -0.25) is 44.8 Å². The Kier molecular flexibility index (Phi) is 8.96. The molecule has 292 valence electrons. The highest BCUT2D eigenvalue weighted by Gasteiger charge is 2.71. The summed E-state index contributed by atoms with van der Waals surface area (Å²) in [6.45, 7) is -0.491. The van der Waals surface area contributed by atoms with Gasteiger partial charge in [-0.2, -0.15) is 5.01 Å².